The Bertz CT molecular complexity index is 874. The summed E-state index contributed by atoms with van der Waals surface area (Å²) in [6.07, 6.45) is 1.59. The average molecular weight is 381 g/mol. The monoisotopic (exact) mass is 381 g/mol. The van der Waals surface area contributed by atoms with Gasteiger partial charge in [0.05, 0.1) is 0 Å². The summed E-state index contributed by atoms with van der Waals surface area (Å²) < 4.78 is 0. The number of carbonyl (C=O) groups excluding carboxylic acids is 3. The van der Waals surface area contributed by atoms with Crippen molar-refractivity contribution in [2.45, 2.75) is 13.8 Å². The quantitative estimate of drug-likeness (QED) is 0.846. The molecule has 1 fully saturated rings. The van der Waals surface area contributed by atoms with Crippen LogP contribution >= 0.6 is 0 Å². The van der Waals surface area contributed by atoms with Gasteiger partial charge >= 0.3 is 0 Å². The summed E-state index contributed by atoms with van der Waals surface area (Å²) in [4.78, 5) is 42.9. The van der Waals surface area contributed by atoms with Crippen LogP contribution in [-0.4, -0.2) is 58.7 Å². The minimum atomic E-state index is -0.146. The lowest BCUT2D eigenvalue weighted by Crippen LogP contribution is -2.50. The van der Waals surface area contributed by atoms with E-state index in [1.165, 1.54) is 13.8 Å². The fourth-order valence-corrected chi connectivity index (χ4v) is 3.02. The van der Waals surface area contributed by atoms with E-state index in [-0.39, 0.29) is 17.7 Å². The van der Waals surface area contributed by atoms with Crippen LogP contribution in [0.15, 0.2) is 42.6 Å². The van der Waals surface area contributed by atoms with Crippen molar-refractivity contribution < 1.29 is 14.4 Å². The molecule has 28 heavy (non-hydrogen) atoms. The molecule has 1 aliphatic heterocycles. The summed E-state index contributed by atoms with van der Waals surface area (Å²) in [7, 11) is 0. The molecule has 146 valence electrons. The number of anilines is 3. The van der Waals surface area contributed by atoms with Gasteiger partial charge in [0.15, 0.2) is 0 Å². The van der Waals surface area contributed by atoms with Crippen LogP contribution in [0.2, 0.25) is 0 Å². The molecular formula is C20H23N5O3. The molecule has 1 aromatic carbocycles. The normalized spacial score (nSPS) is 13.8. The van der Waals surface area contributed by atoms with Crippen LogP contribution < -0.4 is 10.6 Å². The van der Waals surface area contributed by atoms with Crippen molar-refractivity contribution >= 4 is 34.8 Å². The number of hydrogen-bond acceptors (Lipinski definition) is 5. The number of aromatic nitrogens is 1. The maximum atomic E-state index is 12.7. The topological polar surface area (TPSA) is 94.6 Å². The highest BCUT2D eigenvalue weighted by molar-refractivity contribution is 5.93. The first kappa shape index (κ1) is 19.3. The van der Waals surface area contributed by atoms with Gasteiger partial charge in [0, 0.05) is 63.3 Å². The van der Waals surface area contributed by atoms with Gasteiger partial charge < -0.3 is 20.4 Å². The Balaban J connectivity index is 1.64. The zero-order valence-electron chi connectivity index (χ0n) is 15.9. The first-order chi connectivity index (χ1) is 13.4. The van der Waals surface area contributed by atoms with Gasteiger partial charge in [-0.05, 0) is 36.4 Å². The van der Waals surface area contributed by atoms with E-state index in [0.29, 0.717) is 37.6 Å². The number of nitrogens with one attached hydrogen (secondary N) is 2. The highest BCUT2D eigenvalue weighted by Gasteiger charge is 2.24. The molecular weight excluding hydrogens is 358 g/mol. The van der Waals surface area contributed by atoms with Crippen LogP contribution in [0.1, 0.15) is 24.3 Å². The molecule has 0 bridgehead atoms. The van der Waals surface area contributed by atoms with Crippen LogP contribution in [0.3, 0.4) is 0 Å². The molecule has 0 unspecified atom stereocenters. The van der Waals surface area contributed by atoms with Gasteiger partial charge in [-0.3, -0.25) is 19.4 Å². The van der Waals surface area contributed by atoms with Gasteiger partial charge in [0.25, 0.3) is 5.91 Å². The summed E-state index contributed by atoms with van der Waals surface area (Å²) in [6.45, 7) is 5.09. The predicted molar refractivity (Wildman–Crippen MR) is 106 cm³/mol. The maximum Gasteiger partial charge on any atom is 0.272 e. The smallest absolute Gasteiger partial charge is 0.272 e. The number of carbonyl (C=O) groups is 3. The second-order valence-corrected chi connectivity index (χ2v) is 6.61. The molecule has 2 aromatic rings. The molecule has 2 heterocycles. The zero-order valence-corrected chi connectivity index (χ0v) is 15.9. The zero-order chi connectivity index (χ0) is 20.1. The molecule has 3 rings (SSSR count). The SMILES string of the molecule is CC(=O)Nc1ccc(Nc2ccnc(C(=O)N3CCN(C(C)=O)CC3)c2)cc1. The van der Waals surface area contributed by atoms with Gasteiger partial charge in [0.2, 0.25) is 11.8 Å². The predicted octanol–water partition coefficient (Wildman–Crippen LogP) is 2.09. The minimum Gasteiger partial charge on any atom is -0.355 e. The first-order valence-corrected chi connectivity index (χ1v) is 9.08. The Labute approximate surface area is 163 Å². The largest absolute Gasteiger partial charge is 0.355 e. The third-order valence-electron chi connectivity index (χ3n) is 4.49. The van der Waals surface area contributed by atoms with Gasteiger partial charge in [-0.2, -0.15) is 0 Å². The fraction of sp³-hybridized carbons (Fsp3) is 0.300. The molecule has 0 atom stereocenters. The van der Waals surface area contributed by atoms with E-state index in [9.17, 15) is 14.4 Å². The Morgan fingerprint density at radius 1 is 0.857 bits per heavy atom. The van der Waals surface area contributed by atoms with E-state index in [0.717, 1.165) is 11.4 Å². The second kappa shape index (κ2) is 8.51. The summed E-state index contributed by atoms with van der Waals surface area (Å²) in [5, 5.41) is 5.94. The highest BCUT2D eigenvalue weighted by atomic mass is 16.2. The van der Waals surface area contributed by atoms with E-state index >= 15 is 0 Å². The number of pyridine rings is 1. The number of hydrogen-bond donors (Lipinski definition) is 2. The summed E-state index contributed by atoms with van der Waals surface area (Å²) >= 11 is 0. The fourth-order valence-electron chi connectivity index (χ4n) is 3.02. The average Bonchev–Trinajstić information content (AvgIpc) is 2.69. The minimum absolute atomic E-state index is 0.0287. The number of nitrogens with zero attached hydrogens (tertiary/aromatic N) is 3. The molecule has 0 aliphatic carbocycles. The molecule has 2 N–H and O–H groups in total. The Kier molecular flexibility index (Phi) is 5.88. The first-order valence-electron chi connectivity index (χ1n) is 9.08. The number of benzene rings is 1. The lowest BCUT2D eigenvalue weighted by atomic mass is 10.2. The number of piperazine rings is 1. The number of amides is 3. The van der Waals surface area contributed by atoms with Crippen molar-refractivity contribution in [2.75, 3.05) is 36.8 Å². The summed E-state index contributed by atoms with van der Waals surface area (Å²) in [5.41, 5.74) is 2.64. The van der Waals surface area contributed by atoms with Crippen LogP contribution in [0.25, 0.3) is 0 Å². The van der Waals surface area contributed by atoms with E-state index in [1.807, 2.05) is 12.1 Å². The van der Waals surface area contributed by atoms with Crippen LogP contribution in [0.5, 0.6) is 0 Å². The van der Waals surface area contributed by atoms with Crippen molar-refractivity contribution in [1.82, 2.24) is 14.8 Å². The van der Waals surface area contributed by atoms with E-state index in [2.05, 4.69) is 15.6 Å². The molecule has 0 spiro atoms. The third-order valence-corrected chi connectivity index (χ3v) is 4.49. The molecule has 3 amide bonds. The van der Waals surface area contributed by atoms with Gasteiger partial charge in [0.1, 0.15) is 5.69 Å². The highest BCUT2D eigenvalue weighted by Crippen LogP contribution is 2.20. The van der Waals surface area contributed by atoms with Crippen molar-refractivity contribution in [3.63, 3.8) is 0 Å². The van der Waals surface area contributed by atoms with Crippen molar-refractivity contribution in [2.24, 2.45) is 0 Å². The third kappa shape index (κ3) is 4.85. The maximum absolute atomic E-state index is 12.7. The summed E-state index contributed by atoms with van der Waals surface area (Å²) in [6, 6.07) is 10.8. The Hall–Kier alpha value is -3.42. The van der Waals surface area contributed by atoms with E-state index in [4.69, 9.17) is 0 Å². The summed E-state index contributed by atoms with van der Waals surface area (Å²) in [5.74, 6) is -0.240. The molecule has 0 saturated carbocycles. The van der Waals surface area contributed by atoms with Gasteiger partial charge in [-0.1, -0.05) is 0 Å². The lowest BCUT2D eigenvalue weighted by Gasteiger charge is -2.34. The molecule has 8 nitrogen and oxygen atoms in total. The molecule has 1 aliphatic rings. The van der Waals surface area contributed by atoms with Crippen LogP contribution in [0, 0.1) is 0 Å². The Morgan fingerprint density at radius 2 is 1.46 bits per heavy atom. The molecule has 0 radical (unpaired) electrons. The van der Waals surface area contributed by atoms with Crippen molar-refractivity contribution in [1.29, 1.82) is 0 Å². The van der Waals surface area contributed by atoms with Gasteiger partial charge in [-0.15, -0.1) is 0 Å². The molecule has 1 aromatic heterocycles. The van der Waals surface area contributed by atoms with E-state index in [1.54, 1.807) is 40.3 Å². The van der Waals surface area contributed by atoms with Crippen LogP contribution in [0.4, 0.5) is 17.1 Å². The second-order valence-electron chi connectivity index (χ2n) is 6.61. The van der Waals surface area contributed by atoms with Gasteiger partial charge in [-0.25, -0.2) is 0 Å². The van der Waals surface area contributed by atoms with Crippen molar-refractivity contribution in [3.8, 4) is 0 Å². The lowest BCUT2D eigenvalue weighted by molar-refractivity contribution is -0.130. The Morgan fingerprint density at radius 3 is 2.07 bits per heavy atom. The standard InChI is InChI=1S/C20H23N5O3/c1-14(26)22-16-3-5-17(6-4-16)23-18-7-8-21-19(13-18)20(28)25-11-9-24(10-12-25)15(2)27/h3-8,13H,9-12H2,1-2H3,(H,21,23)(H,22,26). The van der Waals surface area contributed by atoms with E-state index < -0.39 is 0 Å². The van der Waals surface area contributed by atoms with Crippen LogP contribution in [-0.2, 0) is 9.59 Å². The van der Waals surface area contributed by atoms with Crippen molar-refractivity contribution in [3.05, 3.63) is 48.3 Å². The number of rotatable bonds is 4. The molecule has 1 saturated heterocycles. The molecule has 8 heteroatoms.